The number of rotatable bonds is 0. The lowest BCUT2D eigenvalue weighted by molar-refractivity contribution is 0.529. The molecule has 0 bridgehead atoms. The largest absolute Gasteiger partial charge is 0.192 e. The maximum absolute atomic E-state index is 8.44. The first kappa shape index (κ1) is 10.0. The topological polar surface area (TPSA) is 47.6 Å². The van der Waals surface area contributed by atoms with Crippen LogP contribution in [0.15, 0.2) is 10.6 Å². The van der Waals surface area contributed by atoms with E-state index in [1.807, 2.05) is 20.8 Å². The minimum absolute atomic E-state index is 0.000772. The first-order chi connectivity index (χ1) is 4.93. The highest BCUT2D eigenvalue weighted by molar-refractivity contribution is 6.31. The molecule has 11 heavy (non-hydrogen) atoms. The van der Waals surface area contributed by atoms with E-state index in [0.29, 0.717) is 5.03 Å². The molecule has 58 valence electrons. The molecule has 0 rings (SSSR count). The summed E-state index contributed by atoms with van der Waals surface area (Å²) < 4.78 is 0. The highest BCUT2D eigenvalue weighted by atomic mass is 35.5. The monoisotopic (exact) mass is 168 g/mol. The van der Waals surface area contributed by atoms with Gasteiger partial charge in [-0.25, -0.2) is 0 Å². The molecule has 0 aliphatic rings. The van der Waals surface area contributed by atoms with Crippen molar-refractivity contribution in [3.63, 3.8) is 0 Å². The zero-order valence-corrected chi connectivity index (χ0v) is 7.53. The van der Waals surface area contributed by atoms with Crippen LogP contribution < -0.4 is 0 Å². The first-order valence-electron chi connectivity index (χ1n) is 3.14. The van der Waals surface area contributed by atoms with E-state index >= 15 is 0 Å². The minimum atomic E-state index is -0.317. The Morgan fingerprint density at radius 2 is 1.55 bits per heavy atom. The van der Waals surface area contributed by atoms with Crippen molar-refractivity contribution in [2.75, 3.05) is 0 Å². The van der Waals surface area contributed by atoms with Crippen LogP contribution in [0.5, 0.6) is 0 Å². The molecule has 2 nitrogen and oxygen atoms in total. The van der Waals surface area contributed by atoms with Crippen LogP contribution in [0.3, 0.4) is 0 Å². The molecule has 0 saturated heterocycles. The minimum Gasteiger partial charge on any atom is -0.192 e. The molecule has 0 unspecified atom stereocenters. The van der Waals surface area contributed by atoms with Crippen LogP contribution in [0.1, 0.15) is 20.8 Å². The van der Waals surface area contributed by atoms with E-state index < -0.39 is 0 Å². The summed E-state index contributed by atoms with van der Waals surface area (Å²) in [6, 6.07) is 3.49. The Labute approximate surface area is 71.7 Å². The number of allylic oxidation sites excluding steroid dienone is 2. The summed E-state index contributed by atoms with van der Waals surface area (Å²) in [5, 5.41) is 17.2. The van der Waals surface area contributed by atoms with Gasteiger partial charge in [-0.2, -0.15) is 10.5 Å². The van der Waals surface area contributed by atoms with Crippen LogP contribution in [0.4, 0.5) is 0 Å². The van der Waals surface area contributed by atoms with Gasteiger partial charge in [-0.05, 0) is 5.41 Å². The second-order valence-electron chi connectivity index (χ2n) is 3.16. The highest BCUT2D eigenvalue weighted by Crippen LogP contribution is 2.30. The molecule has 0 saturated carbocycles. The molecule has 0 heterocycles. The van der Waals surface area contributed by atoms with Gasteiger partial charge in [0, 0.05) is 0 Å². The summed E-state index contributed by atoms with van der Waals surface area (Å²) in [5.74, 6) is 0. The summed E-state index contributed by atoms with van der Waals surface area (Å²) in [4.78, 5) is 0. The third-order valence-corrected chi connectivity index (χ3v) is 1.86. The molecule has 0 aromatic rings. The number of halogens is 1. The highest BCUT2D eigenvalue weighted by Gasteiger charge is 2.19. The molecule has 0 fully saturated rings. The number of hydrogen-bond donors (Lipinski definition) is 0. The molecular formula is C8H9ClN2. The fraction of sp³-hybridized carbons (Fsp3) is 0.500. The maximum atomic E-state index is 8.44. The third kappa shape index (κ3) is 2.62. The van der Waals surface area contributed by atoms with Crippen molar-refractivity contribution in [1.82, 2.24) is 0 Å². The zero-order chi connectivity index (χ0) is 9.07. The van der Waals surface area contributed by atoms with Crippen LogP contribution in [0.2, 0.25) is 0 Å². The summed E-state index contributed by atoms with van der Waals surface area (Å²) in [5.41, 5.74) is -0.318. The predicted molar refractivity (Wildman–Crippen MR) is 43.6 cm³/mol. The smallest absolute Gasteiger partial charge is 0.144 e. The Balaban J connectivity index is 5.01. The number of nitrogens with zero attached hydrogens (tertiary/aromatic N) is 2. The molecule has 0 aromatic carbocycles. The van der Waals surface area contributed by atoms with Crippen LogP contribution in [0.25, 0.3) is 0 Å². The van der Waals surface area contributed by atoms with Crippen molar-refractivity contribution >= 4 is 11.6 Å². The van der Waals surface area contributed by atoms with E-state index in [1.165, 1.54) is 0 Å². The first-order valence-corrected chi connectivity index (χ1v) is 3.51. The lowest BCUT2D eigenvalue weighted by atomic mass is 9.93. The van der Waals surface area contributed by atoms with Crippen molar-refractivity contribution in [2.24, 2.45) is 5.41 Å². The summed E-state index contributed by atoms with van der Waals surface area (Å²) in [6.07, 6.45) is 0. The Morgan fingerprint density at radius 3 is 1.64 bits per heavy atom. The lowest BCUT2D eigenvalue weighted by Gasteiger charge is -2.16. The Kier molecular flexibility index (Phi) is 3.11. The quantitative estimate of drug-likeness (QED) is 0.522. The van der Waals surface area contributed by atoms with Crippen molar-refractivity contribution in [1.29, 1.82) is 10.5 Å². The average Bonchev–Trinajstić information content (AvgIpc) is 1.88. The second kappa shape index (κ2) is 3.42. The van der Waals surface area contributed by atoms with E-state index in [4.69, 9.17) is 22.1 Å². The summed E-state index contributed by atoms with van der Waals surface area (Å²) in [6.45, 7) is 5.55. The molecule has 0 radical (unpaired) electrons. The molecular weight excluding hydrogens is 160 g/mol. The molecule has 0 aromatic heterocycles. The lowest BCUT2D eigenvalue weighted by Crippen LogP contribution is -2.06. The fourth-order valence-electron chi connectivity index (χ4n) is 0.498. The van der Waals surface area contributed by atoms with Crippen molar-refractivity contribution < 1.29 is 0 Å². The second-order valence-corrected chi connectivity index (χ2v) is 3.54. The Bertz CT molecular complexity index is 241. The molecule has 0 amide bonds. The van der Waals surface area contributed by atoms with Crippen LogP contribution in [-0.2, 0) is 0 Å². The zero-order valence-electron chi connectivity index (χ0n) is 6.77. The van der Waals surface area contributed by atoms with Gasteiger partial charge in [0.25, 0.3) is 0 Å². The average molecular weight is 169 g/mol. The van der Waals surface area contributed by atoms with Gasteiger partial charge in [0.2, 0.25) is 0 Å². The Hall–Kier alpha value is -0.990. The Morgan fingerprint density at radius 1 is 1.18 bits per heavy atom. The maximum Gasteiger partial charge on any atom is 0.144 e. The van der Waals surface area contributed by atoms with Gasteiger partial charge in [-0.3, -0.25) is 0 Å². The van der Waals surface area contributed by atoms with Crippen molar-refractivity contribution in [3.8, 4) is 12.1 Å². The SMILES string of the molecule is CC(C)(C)C(Cl)=C(C#N)C#N. The van der Waals surface area contributed by atoms with Crippen LogP contribution >= 0.6 is 11.6 Å². The van der Waals surface area contributed by atoms with E-state index in [0.717, 1.165) is 0 Å². The molecule has 0 aliphatic heterocycles. The van der Waals surface area contributed by atoms with E-state index in [1.54, 1.807) is 12.1 Å². The van der Waals surface area contributed by atoms with Crippen molar-refractivity contribution in [3.05, 3.63) is 10.6 Å². The predicted octanol–water partition coefficient (Wildman–Crippen LogP) is 2.57. The van der Waals surface area contributed by atoms with Gasteiger partial charge >= 0.3 is 0 Å². The van der Waals surface area contributed by atoms with Crippen LogP contribution in [-0.4, -0.2) is 0 Å². The standard InChI is InChI=1S/C8H9ClN2/c1-8(2,3)7(9)6(4-10)5-11/h1-3H3. The molecule has 3 heteroatoms. The number of nitriles is 2. The van der Waals surface area contributed by atoms with Gasteiger partial charge in [0.05, 0.1) is 5.03 Å². The van der Waals surface area contributed by atoms with Gasteiger partial charge < -0.3 is 0 Å². The van der Waals surface area contributed by atoms with E-state index in [-0.39, 0.29) is 11.0 Å². The van der Waals surface area contributed by atoms with Gasteiger partial charge in [-0.15, -0.1) is 0 Å². The summed E-state index contributed by atoms with van der Waals surface area (Å²) in [7, 11) is 0. The van der Waals surface area contributed by atoms with Crippen LogP contribution in [0, 0.1) is 28.1 Å². The third-order valence-electron chi connectivity index (χ3n) is 1.10. The normalized spacial score (nSPS) is 9.64. The van der Waals surface area contributed by atoms with E-state index in [2.05, 4.69) is 0 Å². The van der Waals surface area contributed by atoms with Gasteiger partial charge in [0.1, 0.15) is 17.7 Å². The van der Waals surface area contributed by atoms with E-state index in [9.17, 15) is 0 Å². The molecule has 0 spiro atoms. The van der Waals surface area contributed by atoms with Gasteiger partial charge in [-0.1, -0.05) is 32.4 Å². The molecule has 0 aliphatic carbocycles. The molecule has 0 N–H and O–H groups in total. The summed E-state index contributed by atoms with van der Waals surface area (Å²) >= 11 is 5.76. The number of hydrogen-bond acceptors (Lipinski definition) is 2. The fourth-order valence-corrected chi connectivity index (χ4v) is 0.583. The van der Waals surface area contributed by atoms with Crippen molar-refractivity contribution in [2.45, 2.75) is 20.8 Å². The van der Waals surface area contributed by atoms with Gasteiger partial charge in [0.15, 0.2) is 0 Å². The molecule has 0 atom stereocenters.